The van der Waals surface area contributed by atoms with Crippen LogP contribution in [0.2, 0.25) is 15.1 Å². The van der Waals surface area contributed by atoms with E-state index in [2.05, 4.69) is 41.3 Å². The Labute approximate surface area is 236 Å². The van der Waals surface area contributed by atoms with Crippen LogP contribution >= 0.6 is 46.6 Å². The Morgan fingerprint density at radius 1 is 1.11 bits per heavy atom. The zero-order chi connectivity index (χ0) is 27.1. The van der Waals surface area contributed by atoms with E-state index in [-0.39, 0.29) is 28.5 Å². The van der Waals surface area contributed by atoms with E-state index in [1.165, 1.54) is 17.8 Å². The molecule has 3 aromatic rings. The van der Waals surface area contributed by atoms with E-state index < -0.39 is 6.04 Å². The second-order valence-electron chi connectivity index (χ2n) is 8.82. The minimum atomic E-state index is -0.440. The Morgan fingerprint density at radius 3 is 2.51 bits per heavy atom. The monoisotopic (exact) mass is 579 g/mol. The predicted molar refractivity (Wildman–Crippen MR) is 152 cm³/mol. The number of carbonyl (C=O) groups excluding carboxylic acids is 2. The van der Waals surface area contributed by atoms with Crippen LogP contribution in [0.1, 0.15) is 48.1 Å². The molecule has 0 bridgehead atoms. The zero-order valence-corrected chi connectivity index (χ0v) is 23.8. The fourth-order valence-electron chi connectivity index (χ4n) is 3.57. The van der Waals surface area contributed by atoms with Gasteiger partial charge < -0.3 is 15.2 Å². The minimum absolute atomic E-state index is 0.113. The number of halogens is 3. The smallest absolute Gasteiger partial charge is 0.253 e. The van der Waals surface area contributed by atoms with Crippen LogP contribution in [0.25, 0.3) is 0 Å². The Balaban J connectivity index is 1.78. The molecule has 0 saturated carbocycles. The van der Waals surface area contributed by atoms with Crippen LogP contribution < -0.4 is 10.6 Å². The van der Waals surface area contributed by atoms with Gasteiger partial charge in [-0.15, -0.1) is 16.8 Å². The first-order valence-corrected chi connectivity index (χ1v) is 13.7. The Kier molecular flexibility index (Phi) is 10.5. The first-order valence-electron chi connectivity index (χ1n) is 11.6. The zero-order valence-electron chi connectivity index (χ0n) is 20.7. The van der Waals surface area contributed by atoms with E-state index in [0.717, 1.165) is 5.56 Å². The second kappa shape index (κ2) is 13.3. The van der Waals surface area contributed by atoms with Crippen LogP contribution in [0, 0.1) is 12.8 Å². The number of rotatable bonds is 11. The topological polar surface area (TPSA) is 88.9 Å². The van der Waals surface area contributed by atoms with Crippen LogP contribution in [-0.4, -0.2) is 32.3 Å². The number of nitrogens with one attached hydrogen (secondary N) is 2. The standard InChI is InChI=1S/C26H28Cl3N5O2S/c1-5-10-34-24(22(11-15(2)3)31-25(36)19-9-7-17(27)12-21(19)29)32-33-26(34)37-14-23(35)30-18-8-6-16(4)20(28)13-18/h5-9,12-13,15,22H,1,10-11,14H2,2-4H3,(H,30,35)(H,31,36)/t22-/m0/s1. The highest BCUT2D eigenvalue weighted by Gasteiger charge is 2.25. The van der Waals surface area contributed by atoms with Gasteiger partial charge in [-0.3, -0.25) is 9.59 Å². The molecule has 0 unspecified atom stereocenters. The number of anilines is 1. The molecule has 2 N–H and O–H groups in total. The summed E-state index contributed by atoms with van der Waals surface area (Å²) in [5.74, 6) is 0.390. The van der Waals surface area contributed by atoms with Crippen LogP contribution in [0.5, 0.6) is 0 Å². The summed E-state index contributed by atoms with van der Waals surface area (Å²) in [6.45, 7) is 10.3. The molecule has 7 nitrogen and oxygen atoms in total. The number of aromatic nitrogens is 3. The molecule has 2 amide bonds. The van der Waals surface area contributed by atoms with Gasteiger partial charge in [0.25, 0.3) is 5.91 Å². The number of carbonyl (C=O) groups is 2. The maximum absolute atomic E-state index is 13.1. The summed E-state index contributed by atoms with van der Waals surface area (Å²) in [6.07, 6.45) is 2.33. The highest BCUT2D eigenvalue weighted by molar-refractivity contribution is 7.99. The highest BCUT2D eigenvalue weighted by Crippen LogP contribution is 2.27. The van der Waals surface area contributed by atoms with Gasteiger partial charge in [-0.2, -0.15) is 0 Å². The number of aryl methyl sites for hydroxylation is 1. The molecule has 196 valence electrons. The number of thioether (sulfide) groups is 1. The Bertz CT molecular complexity index is 1300. The summed E-state index contributed by atoms with van der Waals surface area (Å²) in [6, 6.07) is 9.65. The van der Waals surface area contributed by atoms with Gasteiger partial charge in [-0.05, 0) is 55.2 Å². The van der Waals surface area contributed by atoms with E-state index in [4.69, 9.17) is 34.8 Å². The molecule has 37 heavy (non-hydrogen) atoms. The fourth-order valence-corrected chi connectivity index (χ4v) is 5.00. The molecule has 0 spiro atoms. The van der Waals surface area contributed by atoms with E-state index in [1.807, 2.05) is 17.6 Å². The summed E-state index contributed by atoms with van der Waals surface area (Å²) >= 11 is 19.6. The molecular weight excluding hydrogens is 553 g/mol. The van der Waals surface area contributed by atoms with Gasteiger partial charge in [0.1, 0.15) is 0 Å². The number of amides is 2. The minimum Gasteiger partial charge on any atom is -0.342 e. The molecule has 1 atom stereocenters. The lowest BCUT2D eigenvalue weighted by molar-refractivity contribution is -0.113. The number of hydrogen-bond acceptors (Lipinski definition) is 5. The van der Waals surface area contributed by atoms with Crippen molar-refractivity contribution in [3.8, 4) is 0 Å². The molecule has 1 heterocycles. The van der Waals surface area contributed by atoms with Crippen molar-refractivity contribution in [1.29, 1.82) is 0 Å². The maximum atomic E-state index is 13.1. The van der Waals surface area contributed by atoms with Crippen LogP contribution in [-0.2, 0) is 11.3 Å². The lowest BCUT2D eigenvalue weighted by Gasteiger charge is -2.21. The van der Waals surface area contributed by atoms with Crippen LogP contribution in [0.15, 0.2) is 54.2 Å². The van der Waals surface area contributed by atoms with Crippen molar-refractivity contribution in [3.05, 3.63) is 81.1 Å². The van der Waals surface area contributed by atoms with Gasteiger partial charge in [0.2, 0.25) is 5.91 Å². The van der Waals surface area contributed by atoms with Gasteiger partial charge in [0.05, 0.1) is 22.4 Å². The first kappa shape index (κ1) is 29.0. The third-order valence-corrected chi connectivity index (χ3v) is 7.27. The van der Waals surface area contributed by atoms with Crippen molar-refractivity contribution in [2.75, 3.05) is 11.1 Å². The first-order chi connectivity index (χ1) is 17.6. The number of benzene rings is 2. The third kappa shape index (κ3) is 7.98. The predicted octanol–water partition coefficient (Wildman–Crippen LogP) is 6.98. The van der Waals surface area contributed by atoms with Gasteiger partial charge in [-0.1, -0.05) is 72.6 Å². The second-order valence-corrected chi connectivity index (χ2v) is 11.0. The number of allylic oxidation sites excluding steroid dienone is 1. The van der Waals surface area contributed by atoms with Crippen molar-refractivity contribution in [2.24, 2.45) is 5.92 Å². The van der Waals surface area contributed by atoms with E-state index in [9.17, 15) is 9.59 Å². The van der Waals surface area contributed by atoms with Crippen LogP contribution in [0.3, 0.4) is 0 Å². The van der Waals surface area contributed by atoms with E-state index in [0.29, 0.717) is 45.2 Å². The molecule has 0 aliphatic carbocycles. The lowest BCUT2D eigenvalue weighted by Crippen LogP contribution is -2.32. The van der Waals surface area contributed by atoms with Gasteiger partial charge in [-0.25, -0.2) is 0 Å². The van der Waals surface area contributed by atoms with Gasteiger partial charge in [0.15, 0.2) is 11.0 Å². The normalized spacial score (nSPS) is 11.9. The molecule has 3 rings (SSSR count). The van der Waals surface area contributed by atoms with Gasteiger partial charge >= 0.3 is 0 Å². The average Bonchev–Trinajstić information content (AvgIpc) is 3.22. The molecular formula is C26H28Cl3N5O2S. The third-order valence-electron chi connectivity index (χ3n) is 5.34. The summed E-state index contributed by atoms with van der Waals surface area (Å²) < 4.78 is 1.85. The summed E-state index contributed by atoms with van der Waals surface area (Å²) in [5.41, 5.74) is 1.87. The van der Waals surface area contributed by atoms with Crippen molar-refractivity contribution in [2.45, 2.75) is 44.9 Å². The van der Waals surface area contributed by atoms with Gasteiger partial charge in [0, 0.05) is 22.3 Å². The number of nitrogens with zero attached hydrogens (tertiary/aromatic N) is 3. The summed E-state index contributed by atoms with van der Waals surface area (Å²) in [7, 11) is 0. The molecule has 0 aliphatic rings. The van der Waals surface area contributed by atoms with Crippen molar-refractivity contribution in [3.63, 3.8) is 0 Å². The Morgan fingerprint density at radius 2 is 1.86 bits per heavy atom. The average molecular weight is 581 g/mol. The molecule has 1 aromatic heterocycles. The quantitative estimate of drug-likeness (QED) is 0.189. The van der Waals surface area contributed by atoms with E-state index in [1.54, 1.807) is 30.3 Å². The molecule has 0 aliphatic heterocycles. The van der Waals surface area contributed by atoms with Crippen molar-refractivity contribution >= 4 is 64.1 Å². The molecule has 2 aromatic carbocycles. The molecule has 0 fully saturated rings. The SMILES string of the molecule is C=CCn1c(SCC(=O)Nc2ccc(C)c(Cl)c2)nnc1[C@H](CC(C)C)NC(=O)c1ccc(Cl)cc1Cl. The fraction of sp³-hybridized carbons (Fsp3) is 0.308. The summed E-state index contributed by atoms with van der Waals surface area (Å²) in [4.78, 5) is 25.6. The molecule has 11 heteroatoms. The van der Waals surface area contributed by atoms with Crippen LogP contribution in [0.4, 0.5) is 5.69 Å². The maximum Gasteiger partial charge on any atom is 0.253 e. The Hall–Kier alpha value is -2.52. The highest BCUT2D eigenvalue weighted by atomic mass is 35.5. The number of hydrogen-bond donors (Lipinski definition) is 2. The lowest BCUT2D eigenvalue weighted by atomic mass is 10.0. The largest absolute Gasteiger partial charge is 0.342 e. The molecule has 0 radical (unpaired) electrons. The van der Waals surface area contributed by atoms with Crippen molar-refractivity contribution in [1.82, 2.24) is 20.1 Å². The molecule has 0 saturated heterocycles. The van der Waals surface area contributed by atoms with E-state index >= 15 is 0 Å². The summed E-state index contributed by atoms with van der Waals surface area (Å²) in [5, 5.41) is 16.4. The van der Waals surface area contributed by atoms with Crippen molar-refractivity contribution < 1.29 is 9.59 Å².